The maximum Gasteiger partial charge on any atom is 0.0224 e. The molecule has 0 radical (unpaired) electrons. The van der Waals surface area contributed by atoms with Gasteiger partial charge in [-0.3, -0.25) is 4.90 Å². The van der Waals surface area contributed by atoms with Crippen LogP contribution in [0.1, 0.15) is 27.2 Å². The molecule has 2 nitrogen and oxygen atoms in total. The van der Waals surface area contributed by atoms with E-state index in [0.29, 0.717) is 6.04 Å². The summed E-state index contributed by atoms with van der Waals surface area (Å²) in [6.07, 6.45) is 1.28. The van der Waals surface area contributed by atoms with Gasteiger partial charge in [0.25, 0.3) is 0 Å². The van der Waals surface area contributed by atoms with Crippen LogP contribution < -0.4 is 5.73 Å². The summed E-state index contributed by atoms with van der Waals surface area (Å²) in [4.78, 5) is 2.52. The van der Waals surface area contributed by atoms with E-state index in [1.54, 1.807) is 0 Å². The minimum Gasteiger partial charge on any atom is -0.329 e. The van der Waals surface area contributed by atoms with Crippen LogP contribution in [0.4, 0.5) is 0 Å². The first-order chi connectivity index (χ1) is 5.20. The lowest BCUT2D eigenvalue weighted by Crippen LogP contribution is -2.39. The first-order valence-electron chi connectivity index (χ1n) is 4.66. The molecule has 1 saturated heterocycles. The highest BCUT2D eigenvalue weighted by Gasteiger charge is 2.33. The first-order valence-corrected chi connectivity index (χ1v) is 4.66. The molecule has 0 spiro atoms. The summed E-state index contributed by atoms with van der Waals surface area (Å²) in [5, 5.41) is 0. The molecular formula is C9H20N2. The molecule has 11 heavy (non-hydrogen) atoms. The molecule has 2 heteroatoms. The van der Waals surface area contributed by atoms with Gasteiger partial charge in [0.2, 0.25) is 0 Å². The second-order valence-electron chi connectivity index (χ2n) is 3.67. The third kappa shape index (κ3) is 1.57. The molecule has 1 rings (SSSR count). The fourth-order valence-electron chi connectivity index (χ4n) is 2.20. The van der Waals surface area contributed by atoms with Crippen molar-refractivity contribution in [3.05, 3.63) is 0 Å². The highest BCUT2D eigenvalue weighted by Crippen LogP contribution is 2.27. The molecule has 3 unspecified atom stereocenters. The van der Waals surface area contributed by atoms with Crippen molar-refractivity contribution in [3.8, 4) is 0 Å². The number of hydrogen-bond acceptors (Lipinski definition) is 2. The van der Waals surface area contributed by atoms with Crippen LogP contribution in [0.2, 0.25) is 0 Å². The van der Waals surface area contributed by atoms with Gasteiger partial charge in [-0.1, -0.05) is 13.8 Å². The molecule has 0 aromatic heterocycles. The average molecular weight is 156 g/mol. The molecule has 0 aromatic rings. The van der Waals surface area contributed by atoms with Crippen LogP contribution in [-0.4, -0.2) is 30.1 Å². The molecule has 1 aliphatic rings. The van der Waals surface area contributed by atoms with Crippen molar-refractivity contribution in [2.24, 2.45) is 11.7 Å². The van der Waals surface area contributed by atoms with Gasteiger partial charge in [0.15, 0.2) is 0 Å². The number of hydrogen-bond donors (Lipinski definition) is 1. The fourth-order valence-corrected chi connectivity index (χ4v) is 2.20. The van der Waals surface area contributed by atoms with Crippen molar-refractivity contribution in [2.45, 2.75) is 39.3 Å². The molecule has 1 fully saturated rings. The van der Waals surface area contributed by atoms with E-state index < -0.39 is 0 Å². The van der Waals surface area contributed by atoms with E-state index >= 15 is 0 Å². The summed E-state index contributed by atoms with van der Waals surface area (Å²) in [6.45, 7) is 8.82. The second kappa shape index (κ2) is 3.55. The van der Waals surface area contributed by atoms with Crippen molar-refractivity contribution in [3.63, 3.8) is 0 Å². The maximum absolute atomic E-state index is 5.68. The summed E-state index contributed by atoms with van der Waals surface area (Å²) in [5.41, 5.74) is 5.68. The van der Waals surface area contributed by atoms with Crippen molar-refractivity contribution < 1.29 is 0 Å². The van der Waals surface area contributed by atoms with E-state index in [1.165, 1.54) is 6.42 Å². The summed E-state index contributed by atoms with van der Waals surface area (Å²) in [7, 11) is 0. The predicted molar refractivity (Wildman–Crippen MR) is 48.5 cm³/mol. The van der Waals surface area contributed by atoms with E-state index in [2.05, 4.69) is 25.7 Å². The zero-order valence-corrected chi connectivity index (χ0v) is 7.88. The average Bonchev–Trinajstić information content (AvgIpc) is 2.28. The number of likely N-dealkylation sites (tertiary alicyclic amines) is 1. The van der Waals surface area contributed by atoms with Gasteiger partial charge >= 0.3 is 0 Å². The van der Waals surface area contributed by atoms with Crippen LogP contribution in [0.3, 0.4) is 0 Å². The minimum atomic E-state index is 0.644. The number of rotatable bonds is 2. The molecule has 0 saturated carbocycles. The lowest BCUT2D eigenvalue weighted by molar-refractivity contribution is 0.208. The number of nitrogens with two attached hydrogens (primary N) is 1. The molecule has 2 N–H and O–H groups in total. The third-order valence-electron chi connectivity index (χ3n) is 3.10. The highest BCUT2D eigenvalue weighted by molar-refractivity contribution is 4.89. The zero-order chi connectivity index (χ0) is 8.43. The van der Waals surface area contributed by atoms with E-state index in [4.69, 9.17) is 5.73 Å². The molecule has 0 aromatic carbocycles. The molecular weight excluding hydrogens is 136 g/mol. The van der Waals surface area contributed by atoms with Gasteiger partial charge in [-0.25, -0.2) is 0 Å². The summed E-state index contributed by atoms with van der Waals surface area (Å²) in [5.74, 6) is 0.823. The van der Waals surface area contributed by atoms with Gasteiger partial charge < -0.3 is 5.73 Å². The van der Waals surface area contributed by atoms with Crippen molar-refractivity contribution >= 4 is 0 Å². The Morgan fingerprint density at radius 3 is 2.45 bits per heavy atom. The van der Waals surface area contributed by atoms with Crippen LogP contribution in [-0.2, 0) is 0 Å². The van der Waals surface area contributed by atoms with Crippen LogP contribution >= 0.6 is 0 Å². The van der Waals surface area contributed by atoms with Gasteiger partial charge in [0.1, 0.15) is 0 Å². The lowest BCUT2D eigenvalue weighted by atomic mass is 10.0. The Hall–Kier alpha value is -0.0800. The topological polar surface area (TPSA) is 29.3 Å². The maximum atomic E-state index is 5.68. The molecule has 0 amide bonds. The van der Waals surface area contributed by atoms with E-state index in [0.717, 1.165) is 25.0 Å². The largest absolute Gasteiger partial charge is 0.329 e. The van der Waals surface area contributed by atoms with Crippen LogP contribution in [0, 0.1) is 5.92 Å². The van der Waals surface area contributed by atoms with Gasteiger partial charge in [0, 0.05) is 18.6 Å². The van der Waals surface area contributed by atoms with Gasteiger partial charge in [-0.2, -0.15) is 0 Å². The van der Waals surface area contributed by atoms with Crippen molar-refractivity contribution in [1.29, 1.82) is 0 Å². The Kier molecular flexibility index (Phi) is 2.90. The molecule has 66 valence electrons. The Morgan fingerprint density at radius 2 is 2.09 bits per heavy atom. The monoisotopic (exact) mass is 156 g/mol. The molecule has 3 atom stereocenters. The smallest absolute Gasteiger partial charge is 0.0224 e. The van der Waals surface area contributed by atoms with Gasteiger partial charge in [-0.05, 0) is 25.8 Å². The minimum absolute atomic E-state index is 0.644. The molecule has 0 bridgehead atoms. The normalized spacial score (nSPS) is 39.8. The molecule has 1 heterocycles. The Balaban J connectivity index is 2.57. The SMILES string of the molecule is CCN1C(CN)CC(C)C1C. The fraction of sp³-hybridized carbons (Fsp3) is 1.00. The standard InChI is InChI=1S/C9H20N2/c1-4-11-8(3)7(2)5-9(11)6-10/h7-9H,4-6,10H2,1-3H3. The number of nitrogens with zero attached hydrogens (tertiary/aromatic N) is 1. The van der Waals surface area contributed by atoms with Crippen molar-refractivity contribution in [1.82, 2.24) is 4.90 Å². The number of likely N-dealkylation sites (N-methyl/N-ethyl adjacent to an activating group) is 1. The van der Waals surface area contributed by atoms with E-state index in [9.17, 15) is 0 Å². The summed E-state index contributed by atoms with van der Waals surface area (Å²) in [6, 6.07) is 1.37. The molecule has 1 aliphatic heterocycles. The second-order valence-corrected chi connectivity index (χ2v) is 3.67. The lowest BCUT2D eigenvalue weighted by Gasteiger charge is -2.26. The van der Waals surface area contributed by atoms with Crippen LogP contribution in [0.5, 0.6) is 0 Å². The Morgan fingerprint density at radius 1 is 1.45 bits per heavy atom. The predicted octanol–water partition coefficient (Wildman–Crippen LogP) is 1.06. The van der Waals surface area contributed by atoms with Crippen LogP contribution in [0.25, 0.3) is 0 Å². The zero-order valence-electron chi connectivity index (χ0n) is 7.88. The third-order valence-corrected chi connectivity index (χ3v) is 3.10. The van der Waals surface area contributed by atoms with Gasteiger partial charge in [-0.15, -0.1) is 0 Å². The van der Waals surface area contributed by atoms with E-state index in [-0.39, 0.29) is 0 Å². The summed E-state index contributed by atoms with van der Waals surface area (Å²) >= 11 is 0. The molecule has 0 aliphatic carbocycles. The van der Waals surface area contributed by atoms with Crippen LogP contribution in [0.15, 0.2) is 0 Å². The van der Waals surface area contributed by atoms with E-state index in [1.807, 2.05) is 0 Å². The van der Waals surface area contributed by atoms with Crippen molar-refractivity contribution in [2.75, 3.05) is 13.1 Å². The highest BCUT2D eigenvalue weighted by atomic mass is 15.2. The quantitative estimate of drug-likeness (QED) is 0.648. The Bertz CT molecular complexity index is 125. The Labute approximate surface area is 69.8 Å². The first kappa shape index (κ1) is 9.01. The van der Waals surface area contributed by atoms with Gasteiger partial charge in [0.05, 0.1) is 0 Å². The summed E-state index contributed by atoms with van der Waals surface area (Å²) < 4.78 is 0.